The number of amides is 1. The molecule has 0 bridgehead atoms. The van der Waals surface area contributed by atoms with Crippen LogP contribution in [0.4, 0.5) is 5.69 Å². The number of primary amides is 1. The highest BCUT2D eigenvalue weighted by Gasteiger charge is 2.24. The third-order valence-electron chi connectivity index (χ3n) is 4.03. The van der Waals surface area contributed by atoms with Gasteiger partial charge in [-0.05, 0) is 43.2 Å². The molecule has 0 radical (unpaired) electrons. The van der Waals surface area contributed by atoms with Crippen molar-refractivity contribution in [2.24, 2.45) is 17.6 Å². The predicted octanol–water partition coefficient (Wildman–Crippen LogP) is 3.18. The number of hydrogen-bond acceptors (Lipinski definition) is 3. The molecule has 2 atom stereocenters. The molecule has 21 heavy (non-hydrogen) atoms. The summed E-state index contributed by atoms with van der Waals surface area (Å²) in [5.74, 6) is 1.98. The second-order valence-electron chi connectivity index (χ2n) is 6.32. The van der Waals surface area contributed by atoms with Crippen LogP contribution in [0.2, 0.25) is 0 Å². The van der Waals surface area contributed by atoms with Crippen LogP contribution in [0.3, 0.4) is 0 Å². The Morgan fingerprint density at radius 3 is 2.57 bits per heavy atom. The van der Waals surface area contributed by atoms with Gasteiger partial charge in [0.25, 0.3) is 0 Å². The SMILES string of the molecule is CC1CC(C)CC(Nc2ccccc2OCCC(N)=O)C1. The van der Waals surface area contributed by atoms with Crippen molar-refractivity contribution in [1.82, 2.24) is 0 Å². The number of rotatable bonds is 6. The normalized spacial score (nSPS) is 25.3. The summed E-state index contributed by atoms with van der Waals surface area (Å²) >= 11 is 0. The standard InChI is InChI=1S/C17H26N2O2/c1-12-9-13(2)11-14(10-12)19-15-5-3-4-6-16(15)21-8-7-17(18)20/h3-6,12-14,19H,7-11H2,1-2H3,(H2,18,20). The predicted molar refractivity (Wildman–Crippen MR) is 85.3 cm³/mol. The number of nitrogens with two attached hydrogens (primary N) is 1. The molecule has 1 aliphatic rings. The molecule has 0 aromatic heterocycles. The maximum absolute atomic E-state index is 10.8. The van der Waals surface area contributed by atoms with Gasteiger partial charge in [-0.25, -0.2) is 0 Å². The molecular weight excluding hydrogens is 264 g/mol. The lowest BCUT2D eigenvalue weighted by Crippen LogP contribution is -2.30. The Bertz CT molecular complexity index is 466. The Balaban J connectivity index is 1.97. The second kappa shape index (κ2) is 7.34. The molecule has 1 aromatic rings. The van der Waals surface area contributed by atoms with Gasteiger partial charge in [-0.3, -0.25) is 4.79 Å². The van der Waals surface area contributed by atoms with Crippen LogP contribution in [-0.2, 0) is 4.79 Å². The lowest BCUT2D eigenvalue weighted by Gasteiger charge is -2.33. The molecule has 2 unspecified atom stereocenters. The van der Waals surface area contributed by atoms with E-state index in [1.807, 2.05) is 24.3 Å². The van der Waals surface area contributed by atoms with Gasteiger partial charge in [0.2, 0.25) is 5.91 Å². The molecular formula is C17H26N2O2. The fourth-order valence-corrected chi connectivity index (χ4v) is 3.26. The maximum Gasteiger partial charge on any atom is 0.220 e. The molecule has 3 N–H and O–H groups in total. The van der Waals surface area contributed by atoms with Crippen LogP contribution < -0.4 is 15.8 Å². The Morgan fingerprint density at radius 2 is 1.90 bits per heavy atom. The zero-order valence-corrected chi connectivity index (χ0v) is 13.0. The highest BCUT2D eigenvalue weighted by atomic mass is 16.5. The van der Waals surface area contributed by atoms with E-state index in [4.69, 9.17) is 10.5 Å². The Labute approximate surface area is 127 Å². The van der Waals surface area contributed by atoms with E-state index in [-0.39, 0.29) is 12.3 Å². The number of ether oxygens (including phenoxy) is 1. The molecule has 4 nitrogen and oxygen atoms in total. The van der Waals surface area contributed by atoms with Crippen molar-refractivity contribution in [3.8, 4) is 5.75 Å². The van der Waals surface area contributed by atoms with E-state index in [9.17, 15) is 4.79 Å². The van der Waals surface area contributed by atoms with Crippen LogP contribution in [-0.4, -0.2) is 18.6 Å². The Kier molecular flexibility index (Phi) is 5.48. The van der Waals surface area contributed by atoms with Crippen LogP contribution in [0.5, 0.6) is 5.75 Å². The molecule has 1 aliphatic carbocycles. The van der Waals surface area contributed by atoms with Gasteiger partial charge in [0, 0.05) is 6.04 Å². The highest BCUT2D eigenvalue weighted by molar-refractivity contribution is 5.73. The van der Waals surface area contributed by atoms with Crippen molar-refractivity contribution >= 4 is 11.6 Å². The average Bonchev–Trinajstić information content (AvgIpc) is 2.39. The summed E-state index contributed by atoms with van der Waals surface area (Å²) < 4.78 is 5.68. The van der Waals surface area contributed by atoms with Gasteiger partial charge < -0.3 is 15.8 Å². The van der Waals surface area contributed by atoms with E-state index in [2.05, 4.69) is 19.2 Å². The minimum atomic E-state index is -0.338. The number of nitrogens with one attached hydrogen (secondary N) is 1. The molecule has 0 spiro atoms. The quantitative estimate of drug-likeness (QED) is 0.845. The minimum absolute atomic E-state index is 0.242. The van der Waals surface area contributed by atoms with Crippen LogP contribution in [0.1, 0.15) is 39.5 Å². The third-order valence-corrected chi connectivity index (χ3v) is 4.03. The average molecular weight is 290 g/mol. The van der Waals surface area contributed by atoms with Gasteiger partial charge >= 0.3 is 0 Å². The molecule has 2 rings (SSSR count). The highest BCUT2D eigenvalue weighted by Crippen LogP contribution is 2.33. The number of benzene rings is 1. The van der Waals surface area contributed by atoms with E-state index in [1.54, 1.807) is 0 Å². The summed E-state index contributed by atoms with van der Waals surface area (Å²) in [4.78, 5) is 10.8. The number of hydrogen-bond donors (Lipinski definition) is 2. The first-order chi connectivity index (χ1) is 10.0. The smallest absolute Gasteiger partial charge is 0.220 e. The lowest BCUT2D eigenvalue weighted by atomic mass is 9.80. The molecule has 1 saturated carbocycles. The number of para-hydroxylation sites is 2. The summed E-state index contributed by atoms with van der Waals surface area (Å²) in [5.41, 5.74) is 6.15. The topological polar surface area (TPSA) is 64.3 Å². The van der Waals surface area contributed by atoms with Crippen molar-refractivity contribution in [3.63, 3.8) is 0 Å². The van der Waals surface area contributed by atoms with Crippen molar-refractivity contribution in [2.75, 3.05) is 11.9 Å². The first kappa shape index (κ1) is 15.7. The van der Waals surface area contributed by atoms with Crippen molar-refractivity contribution in [2.45, 2.75) is 45.6 Å². The van der Waals surface area contributed by atoms with E-state index in [0.717, 1.165) is 23.3 Å². The number of anilines is 1. The summed E-state index contributed by atoms with van der Waals surface area (Å²) in [5, 5.41) is 3.61. The first-order valence-electron chi connectivity index (χ1n) is 7.81. The van der Waals surface area contributed by atoms with Crippen LogP contribution in [0.25, 0.3) is 0 Å². The summed E-state index contributed by atoms with van der Waals surface area (Å²) in [7, 11) is 0. The van der Waals surface area contributed by atoms with E-state index < -0.39 is 0 Å². The van der Waals surface area contributed by atoms with Gasteiger partial charge in [-0.2, -0.15) is 0 Å². The van der Waals surface area contributed by atoms with Gasteiger partial charge in [-0.1, -0.05) is 26.0 Å². The first-order valence-corrected chi connectivity index (χ1v) is 7.81. The van der Waals surface area contributed by atoms with Crippen LogP contribution in [0.15, 0.2) is 24.3 Å². The van der Waals surface area contributed by atoms with Gasteiger partial charge in [0.1, 0.15) is 5.75 Å². The monoisotopic (exact) mass is 290 g/mol. The Hall–Kier alpha value is -1.71. The van der Waals surface area contributed by atoms with Gasteiger partial charge in [0.15, 0.2) is 0 Å². The fraction of sp³-hybridized carbons (Fsp3) is 0.588. The summed E-state index contributed by atoms with van der Waals surface area (Å²) in [6.07, 6.45) is 3.95. The molecule has 0 saturated heterocycles. The van der Waals surface area contributed by atoms with Gasteiger partial charge in [-0.15, -0.1) is 0 Å². The maximum atomic E-state index is 10.8. The molecule has 116 valence electrons. The molecule has 1 amide bonds. The van der Waals surface area contributed by atoms with Crippen LogP contribution in [0, 0.1) is 11.8 Å². The molecule has 1 aromatic carbocycles. The third kappa shape index (κ3) is 4.96. The Morgan fingerprint density at radius 1 is 1.24 bits per heavy atom. The van der Waals surface area contributed by atoms with E-state index in [0.29, 0.717) is 12.6 Å². The summed E-state index contributed by atoms with van der Waals surface area (Å²) in [6, 6.07) is 8.39. The summed E-state index contributed by atoms with van der Waals surface area (Å²) in [6.45, 7) is 4.96. The lowest BCUT2D eigenvalue weighted by molar-refractivity contribution is -0.118. The largest absolute Gasteiger partial charge is 0.491 e. The van der Waals surface area contributed by atoms with Crippen LogP contribution >= 0.6 is 0 Å². The number of carbonyl (C=O) groups is 1. The van der Waals surface area contributed by atoms with E-state index in [1.165, 1.54) is 19.3 Å². The van der Waals surface area contributed by atoms with Crippen molar-refractivity contribution < 1.29 is 9.53 Å². The minimum Gasteiger partial charge on any atom is -0.491 e. The van der Waals surface area contributed by atoms with Crippen molar-refractivity contribution in [1.29, 1.82) is 0 Å². The zero-order valence-electron chi connectivity index (χ0n) is 13.0. The van der Waals surface area contributed by atoms with Gasteiger partial charge in [0.05, 0.1) is 18.7 Å². The van der Waals surface area contributed by atoms with Crippen molar-refractivity contribution in [3.05, 3.63) is 24.3 Å². The second-order valence-corrected chi connectivity index (χ2v) is 6.32. The zero-order chi connectivity index (χ0) is 15.2. The molecule has 1 fully saturated rings. The molecule has 0 aliphatic heterocycles. The number of carbonyl (C=O) groups excluding carboxylic acids is 1. The molecule has 4 heteroatoms. The van der Waals surface area contributed by atoms with E-state index >= 15 is 0 Å². The molecule has 0 heterocycles. The fourth-order valence-electron chi connectivity index (χ4n) is 3.26.